The average Bonchev–Trinajstić information content (AvgIpc) is 2.84. The number of nitrogens with one attached hydrogen (secondary N) is 3. The number of thioether (sulfide) groups is 1. The zero-order chi connectivity index (χ0) is 27.3. The first kappa shape index (κ1) is 30.9. The van der Waals surface area contributed by atoms with E-state index < -0.39 is 66.1 Å². The second-order valence-electron chi connectivity index (χ2n) is 8.58. The lowest BCUT2D eigenvalue weighted by Crippen LogP contribution is -2.58. The molecule has 0 saturated heterocycles. The lowest BCUT2D eigenvalue weighted by molar-refractivity contribution is -0.144. The molecule has 5 atom stereocenters. The number of amides is 4. The van der Waals surface area contributed by atoms with Crippen molar-refractivity contribution in [2.24, 2.45) is 17.4 Å². The van der Waals surface area contributed by atoms with Gasteiger partial charge in [-0.25, -0.2) is 4.79 Å². The number of hydrogen-bond acceptors (Lipinski definition) is 7. The van der Waals surface area contributed by atoms with Gasteiger partial charge in [-0.05, 0) is 29.9 Å². The molecule has 0 aliphatic carbocycles. The number of carbonyl (C=O) groups is 5. The van der Waals surface area contributed by atoms with Gasteiger partial charge in [-0.15, -0.1) is 0 Å². The summed E-state index contributed by atoms with van der Waals surface area (Å²) >= 11 is 1.53. The molecule has 0 aliphatic rings. The molecule has 0 fully saturated rings. The SMILES string of the molecule is CCC(C)C(NC(=O)C(CC(N)=O)NC(=O)C(Cc1ccccc1)NC(=O)C(N)CCSC)C(=O)O. The molecule has 200 valence electrons. The second kappa shape index (κ2) is 15.8. The van der Waals surface area contributed by atoms with Gasteiger partial charge >= 0.3 is 5.97 Å². The van der Waals surface area contributed by atoms with E-state index in [4.69, 9.17) is 11.5 Å². The van der Waals surface area contributed by atoms with Gasteiger partial charge in [0.1, 0.15) is 18.1 Å². The lowest BCUT2D eigenvalue weighted by atomic mass is 9.98. The summed E-state index contributed by atoms with van der Waals surface area (Å²) in [7, 11) is 0. The Kier molecular flexibility index (Phi) is 13.6. The van der Waals surface area contributed by atoms with Crippen molar-refractivity contribution in [2.45, 2.75) is 63.7 Å². The number of primary amides is 1. The van der Waals surface area contributed by atoms with Crippen molar-refractivity contribution >= 4 is 41.4 Å². The minimum absolute atomic E-state index is 0.100. The summed E-state index contributed by atoms with van der Waals surface area (Å²) in [5, 5.41) is 16.9. The molecule has 12 heteroatoms. The second-order valence-corrected chi connectivity index (χ2v) is 9.57. The molecule has 0 aliphatic heterocycles. The van der Waals surface area contributed by atoms with Gasteiger partial charge in [0.05, 0.1) is 12.5 Å². The molecule has 0 radical (unpaired) electrons. The fourth-order valence-electron chi connectivity index (χ4n) is 3.33. The van der Waals surface area contributed by atoms with Crippen LogP contribution >= 0.6 is 11.8 Å². The first-order chi connectivity index (χ1) is 17.0. The molecule has 11 nitrogen and oxygen atoms in total. The van der Waals surface area contributed by atoms with Gasteiger partial charge in [-0.3, -0.25) is 19.2 Å². The summed E-state index contributed by atoms with van der Waals surface area (Å²) in [6.45, 7) is 3.43. The number of nitrogens with two attached hydrogens (primary N) is 2. The van der Waals surface area contributed by atoms with E-state index in [0.29, 0.717) is 18.6 Å². The predicted octanol–water partition coefficient (Wildman–Crippen LogP) is -0.230. The largest absolute Gasteiger partial charge is 0.480 e. The number of carboxylic acid groups (broad SMARTS) is 1. The highest BCUT2D eigenvalue weighted by atomic mass is 32.2. The van der Waals surface area contributed by atoms with Crippen molar-refractivity contribution < 1.29 is 29.1 Å². The van der Waals surface area contributed by atoms with E-state index in [1.165, 1.54) is 11.8 Å². The highest BCUT2D eigenvalue weighted by Gasteiger charge is 2.32. The van der Waals surface area contributed by atoms with E-state index in [9.17, 15) is 29.1 Å². The van der Waals surface area contributed by atoms with E-state index in [0.717, 1.165) is 5.56 Å². The molecule has 0 saturated carbocycles. The summed E-state index contributed by atoms with van der Waals surface area (Å²) in [4.78, 5) is 62.0. The van der Waals surface area contributed by atoms with Gasteiger partial charge in [0, 0.05) is 6.42 Å². The van der Waals surface area contributed by atoms with E-state index in [1.54, 1.807) is 44.2 Å². The van der Waals surface area contributed by atoms with Crippen LogP contribution in [0.3, 0.4) is 0 Å². The van der Waals surface area contributed by atoms with Crippen LogP contribution in [0, 0.1) is 5.92 Å². The molecular weight excluding hydrogens is 486 g/mol. The highest BCUT2D eigenvalue weighted by Crippen LogP contribution is 2.10. The van der Waals surface area contributed by atoms with Gasteiger partial charge < -0.3 is 32.5 Å². The minimum atomic E-state index is -1.43. The molecule has 4 amide bonds. The first-order valence-electron chi connectivity index (χ1n) is 11.7. The van der Waals surface area contributed by atoms with Gasteiger partial charge in [0.15, 0.2) is 0 Å². The van der Waals surface area contributed by atoms with E-state index in [2.05, 4.69) is 16.0 Å². The summed E-state index contributed by atoms with van der Waals surface area (Å²) in [5.41, 5.74) is 12.0. The van der Waals surface area contributed by atoms with Crippen LogP contribution in [0.15, 0.2) is 30.3 Å². The van der Waals surface area contributed by atoms with Crippen LogP contribution in [-0.4, -0.2) is 70.9 Å². The van der Waals surface area contributed by atoms with Crippen LogP contribution in [0.4, 0.5) is 0 Å². The van der Waals surface area contributed by atoms with Crippen molar-refractivity contribution in [3.05, 3.63) is 35.9 Å². The molecule has 8 N–H and O–H groups in total. The third-order valence-corrected chi connectivity index (χ3v) is 6.34. The Balaban J connectivity index is 3.11. The quantitative estimate of drug-likeness (QED) is 0.171. The maximum Gasteiger partial charge on any atom is 0.326 e. The summed E-state index contributed by atoms with van der Waals surface area (Å²) in [6.07, 6.45) is 2.32. The molecule has 1 rings (SSSR count). The molecule has 36 heavy (non-hydrogen) atoms. The minimum Gasteiger partial charge on any atom is -0.480 e. The van der Waals surface area contributed by atoms with Crippen molar-refractivity contribution in [3.63, 3.8) is 0 Å². The van der Waals surface area contributed by atoms with E-state index in [-0.39, 0.29) is 6.42 Å². The Bertz CT molecular complexity index is 900. The van der Waals surface area contributed by atoms with Gasteiger partial charge in [0.2, 0.25) is 23.6 Å². The normalized spacial score (nSPS) is 15.0. The van der Waals surface area contributed by atoms with Crippen molar-refractivity contribution in [1.29, 1.82) is 0 Å². The van der Waals surface area contributed by atoms with E-state index in [1.807, 2.05) is 6.26 Å². The zero-order valence-electron chi connectivity index (χ0n) is 20.9. The van der Waals surface area contributed by atoms with Crippen LogP contribution in [0.25, 0.3) is 0 Å². The van der Waals surface area contributed by atoms with Crippen LogP contribution in [0.5, 0.6) is 0 Å². The Morgan fingerprint density at radius 2 is 1.56 bits per heavy atom. The van der Waals surface area contributed by atoms with Crippen LogP contribution in [0.2, 0.25) is 0 Å². The molecule has 5 unspecified atom stereocenters. The zero-order valence-corrected chi connectivity index (χ0v) is 21.7. The van der Waals surface area contributed by atoms with Crippen LogP contribution in [-0.2, 0) is 30.4 Å². The number of benzene rings is 1. The third kappa shape index (κ3) is 10.6. The molecule has 0 aromatic heterocycles. The Hall–Kier alpha value is -3.12. The van der Waals surface area contributed by atoms with Gasteiger partial charge in [0.25, 0.3) is 0 Å². The monoisotopic (exact) mass is 523 g/mol. The molecule has 1 aromatic rings. The molecular formula is C24H37N5O6S. The highest BCUT2D eigenvalue weighted by molar-refractivity contribution is 7.98. The van der Waals surface area contributed by atoms with Crippen molar-refractivity contribution in [2.75, 3.05) is 12.0 Å². The molecule has 0 heterocycles. The number of carbonyl (C=O) groups excluding carboxylic acids is 4. The third-order valence-electron chi connectivity index (χ3n) is 5.70. The lowest BCUT2D eigenvalue weighted by Gasteiger charge is -2.26. The smallest absolute Gasteiger partial charge is 0.326 e. The van der Waals surface area contributed by atoms with Gasteiger partial charge in [-0.1, -0.05) is 50.6 Å². The number of carboxylic acids is 1. The molecule has 1 aromatic carbocycles. The maximum atomic E-state index is 13.2. The topological polar surface area (TPSA) is 194 Å². The fourth-order valence-corrected chi connectivity index (χ4v) is 3.82. The van der Waals surface area contributed by atoms with Crippen LogP contribution < -0.4 is 27.4 Å². The Labute approximate surface area is 215 Å². The average molecular weight is 524 g/mol. The molecule has 0 bridgehead atoms. The predicted molar refractivity (Wildman–Crippen MR) is 138 cm³/mol. The standard InChI is InChI=1S/C24H37N5O6S/c1-4-14(2)20(24(34)35)29-23(33)18(13-19(26)30)28-22(32)17(12-15-8-6-5-7-9-15)27-21(31)16(25)10-11-36-3/h5-9,14,16-18,20H,4,10-13,25H2,1-3H3,(H2,26,30)(H,27,31)(H,28,32)(H,29,33)(H,34,35). The van der Waals surface area contributed by atoms with Crippen LogP contribution in [0.1, 0.15) is 38.7 Å². The summed E-state index contributed by atoms with van der Waals surface area (Å²) in [5.74, 6) is -3.98. The number of aliphatic carboxylic acids is 1. The first-order valence-corrected chi connectivity index (χ1v) is 13.1. The number of rotatable bonds is 16. The Morgan fingerprint density at radius 3 is 2.08 bits per heavy atom. The summed E-state index contributed by atoms with van der Waals surface area (Å²) in [6, 6.07) is 4.33. The van der Waals surface area contributed by atoms with E-state index >= 15 is 0 Å². The Morgan fingerprint density at radius 1 is 0.972 bits per heavy atom. The van der Waals surface area contributed by atoms with Gasteiger partial charge in [-0.2, -0.15) is 11.8 Å². The maximum absolute atomic E-state index is 13.2. The molecule has 0 spiro atoms. The van der Waals surface area contributed by atoms with Crippen molar-refractivity contribution in [1.82, 2.24) is 16.0 Å². The van der Waals surface area contributed by atoms with Crippen molar-refractivity contribution in [3.8, 4) is 0 Å². The fraction of sp³-hybridized carbons (Fsp3) is 0.542. The number of hydrogen-bond donors (Lipinski definition) is 6. The summed E-state index contributed by atoms with van der Waals surface area (Å²) < 4.78 is 0.